The van der Waals surface area contributed by atoms with E-state index in [4.69, 9.17) is 0 Å². The molecule has 0 aromatic carbocycles. The van der Waals surface area contributed by atoms with Gasteiger partial charge in [0.05, 0.1) is 0 Å². The average Bonchev–Trinajstić information content (AvgIpc) is 2.27. The van der Waals surface area contributed by atoms with E-state index in [0.29, 0.717) is 0 Å². The fraction of sp³-hybridized carbons (Fsp3) is 0.333. The van der Waals surface area contributed by atoms with Crippen molar-refractivity contribution >= 4 is 22.7 Å². The van der Waals surface area contributed by atoms with E-state index in [1.807, 2.05) is 62.3 Å². The smallest absolute Gasteiger partial charge is 0.163 e. The molecule has 4 heteroatoms. The number of nitrogens with zero attached hydrogens (tertiary/aromatic N) is 4. The lowest BCUT2D eigenvalue weighted by molar-refractivity contribution is 1.05. The Bertz CT molecular complexity index is 463. The van der Waals surface area contributed by atoms with Crippen LogP contribution < -0.4 is 9.80 Å². The van der Waals surface area contributed by atoms with Gasteiger partial charge in [-0.3, -0.25) is 0 Å². The Morgan fingerprint density at radius 2 is 1.19 bits per heavy atom. The highest BCUT2D eigenvalue weighted by Crippen LogP contribution is 2.18. The highest BCUT2D eigenvalue weighted by Gasteiger charge is 2.03. The maximum atomic E-state index is 4.51. The third kappa shape index (κ3) is 1.91. The second-order valence-corrected chi connectivity index (χ2v) is 4.17. The molecule has 0 amide bonds. The van der Waals surface area contributed by atoms with Gasteiger partial charge in [0.25, 0.3) is 0 Å². The summed E-state index contributed by atoms with van der Waals surface area (Å²) in [5.74, 6) is 1.85. The Hall–Kier alpha value is -1.84. The zero-order valence-electron chi connectivity index (χ0n) is 10.1. The van der Waals surface area contributed by atoms with Crippen molar-refractivity contribution in [3.8, 4) is 0 Å². The zero-order valence-corrected chi connectivity index (χ0v) is 10.1. The van der Waals surface area contributed by atoms with Crippen molar-refractivity contribution in [2.75, 3.05) is 38.0 Å². The molecule has 0 aliphatic carbocycles. The number of aromatic nitrogens is 2. The van der Waals surface area contributed by atoms with Crippen LogP contribution in [-0.4, -0.2) is 38.2 Å². The van der Waals surface area contributed by atoms with Crippen molar-refractivity contribution in [2.24, 2.45) is 0 Å². The van der Waals surface area contributed by atoms with Crippen LogP contribution in [0.2, 0.25) is 0 Å². The molecule has 0 N–H and O–H groups in total. The van der Waals surface area contributed by atoms with E-state index in [1.54, 1.807) is 0 Å². The van der Waals surface area contributed by atoms with Gasteiger partial charge >= 0.3 is 0 Å². The third-order valence-corrected chi connectivity index (χ3v) is 2.44. The van der Waals surface area contributed by atoms with Gasteiger partial charge in [-0.25, -0.2) is 9.97 Å². The summed E-state index contributed by atoms with van der Waals surface area (Å²) in [4.78, 5) is 13.0. The standard InChI is InChI=1S/C12H16N4/c1-15(2)10-7-5-9-6-8-11(16(3)4)14-12(9)13-10/h5-8H,1-4H3. The summed E-state index contributed by atoms with van der Waals surface area (Å²) >= 11 is 0. The molecule has 2 heterocycles. The van der Waals surface area contributed by atoms with Gasteiger partial charge in [0, 0.05) is 33.6 Å². The van der Waals surface area contributed by atoms with Crippen LogP contribution in [0.4, 0.5) is 11.6 Å². The topological polar surface area (TPSA) is 32.3 Å². The lowest BCUT2D eigenvalue weighted by Crippen LogP contribution is -2.12. The van der Waals surface area contributed by atoms with Crippen molar-refractivity contribution in [3.05, 3.63) is 24.3 Å². The molecule has 0 spiro atoms. The van der Waals surface area contributed by atoms with Gasteiger partial charge in [0.15, 0.2) is 5.65 Å². The first-order valence-electron chi connectivity index (χ1n) is 5.20. The van der Waals surface area contributed by atoms with Crippen LogP contribution in [0.3, 0.4) is 0 Å². The van der Waals surface area contributed by atoms with E-state index in [-0.39, 0.29) is 0 Å². The molecule has 0 radical (unpaired) electrons. The summed E-state index contributed by atoms with van der Waals surface area (Å²) in [5, 5.41) is 1.07. The number of fused-ring (bicyclic) bond motifs is 1. The summed E-state index contributed by atoms with van der Waals surface area (Å²) in [6.45, 7) is 0. The number of anilines is 2. The fourth-order valence-corrected chi connectivity index (χ4v) is 1.48. The molecule has 0 fully saturated rings. The van der Waals surface area contributed by atoms with Crippen LogP contribution >= 0.6 is 0 Å². The lowest BCUT2D eigenvalue weighted by atomic mass is 10.3. The Morgan fingerprint density at radius 3 is 1.56 bits per heavy atom. The van der Waals surface area contributed by atoms with Gasteiger partial charge in [0.2, 0.25) is 0 Å². The van der Waals surface area contributed by atoms with Gasteiger partial charge in [-0.2, -0.15) is 0 Å². The van der Waals surface area contributed by atoms with Gasteiger partial charge in [-0.05, 0) is 24.3 Å². The molecule has 4 nitrogen and oxygen atoms in total. The van der Waals surface area contributed by atoms with E-state index in [9.17, 15) is 0 Å². The van der Waals surface area contributed by atoms with Crippen molar-refractivity contribution < 1.29 is 0 Å². The summed E-state index contributed by atoms with van der Waals surface area (Å²) in [6.07, 6.45) is 0. The number of pyridine rings is 2. The molecule has 2 aromatic heterocycles. The van der Waals surface area contributed by atoms with Crippen molar-refractivity contribution in [3.63, 3.8) is 0 Å². The lowest BCUT2D eigenvalue weighted by Gasteiger charge is -2.13. The van der Waals surface area contributed by atoms with E-state index in [2.05, 4.69) is 9.97 Å². The Balaban J connectivity index is 2.56. The van der Waals surface area contributed by atoms with Crippen LogP contribution in [0.15, 0.2) is 24.3 Å². The second-order valence-electron chi connectivity index (χ2n) is 4.17. The molecule has 0 aliphatic rings. The minimum Gasteiger partial charge on any atom is -0.363 e. The predicted molar refractivity (Wildman–Crippen MR) is 68.2 cm³/mol. The Labute approximate surface area is 95.5 Å². The van der Waals surface area contributed by atoms with E-state index < -0.39 is 0 Å². The first-order valence-corrected chi connectivity index (χ1v) is 5.20. The van der Waals surface area contributed by atoms with Crippen LogP contribution in [0.5, 0.6) is 0 Å². The molecule has 0 atom stereocenters. The molecule has 0 saturated heterocycles. The summed E-state index contributed by atoms with van der Waals surface area (Å²) in [7, 11) is 7.90. The molecule has 2 rings (SSSR count). The minimum absolute atomic E-state index is 0.789. The summed E-state index contributed by atoms with van der Waals surface area (Å²) in [6, 6.07) is 8.09. The SMILES string of the molecule is CN(C)c1ccc2ccc(N(C)C)nc2n1. The van der Waals surface area contributed by atoms with Crippen LogP contribution in [0.1, 0.15) is 0 Å². The molecule has 84 valence electrons. The second kappa shape index (κ2) is 3.96. The van der Waals surface area contributed by atoms with Gasteiger partial charge in [-0.15, -0.1) is 0 Å². The normalized spacial score (nSPS) is 10.5. The van der Waals surface area contributed by atoms with Crippen LogP contribution in [0.25, 0.3) is 11.0 Å². The molecule has 0 saturated carbocycles. The summed E-state index contributed by atoms with van der Waals surface area (Å²) < 4.78 is 0. The summed E-state index contributed by atoms with van der Waals surface area (Å²) in [5.41, 5.74) is 0.789. The van der Waals surface area contributed by atoms with E-state index in [0.717, 1.165) is 22.7 Å². The molecular formula is C12H16N4. The molecular weight excluding hydrogens is 200 g/mol. The van der Waals surface area contributed by atoms with Crippen molar-refractivity contribution in [1.82, 2.24) is 9.97 Å². The molecule has 0 bridgehead atoms. The van der Waals surface area contributed by atoms with Crippen molar-refractivity contribution in [1.29, 1.82) is 0 Å². The first kappa shape index (κ1) is 10.7. The average molecular weight is 216 g/mol. The number of rotatable bonds is 2. The maximum absolute atomic E-state index is 4.51. The van der Waals surface area contributed by atoms with Gasteiger partial charge in [0.1, 0.15) is 11.6 Å². The monoisotopic (exact) mass is 216 g/mol. The molecule has 2 aromatic rings. The number of hydrogen-bond donors (Lipinski definition) is 0. The van der Waals surface area contributed by atoms with Gasteiger partial charge in [-0.1, -0.05) is 0 Å². The molecule has 0 unspecified atom stereocenters. The fourth-order valence-electron chi connectivity index (χ4n) is 1.48. The van der Waals surface area contributed by atoms with Crippen LogP contribution in [0, 0.1) is 0 Å². The quantitative estimate of drug-likeness (QED) is 0.765. The zero-order chi connectivity index (χ0) is 11.7. The van der Waals surface area contributed by atoms with E-state index in [1.165, 1.54) is 0 Å². The predicted octanol–water partition coefficient (Wildman–Crippen LogP) is 1.76. The van der Waals surface area contributed by atoms with Crippen LogP contribution in [-0.2, 0) is 0 Å². The third-order valence-electron chi connectivity index (χ3n) is 2.44. The number of hydrogen-bond acceptors (Lipinski definition) is 4. The molecule has 0 aliphatic heterocycles. The largest absolute Gasteiger partial charge is 0.363 e. The highest BCUT2D eigenvalue weighted by molar-refractivity contribution is 5.78. The van der Waals surface area contributed by atoms with E-state index >= 15 is 0 Å². The first-order chi connectivity index (χ1) is 7.58. The Morgan fingerprint density at radius 1 is 0.750 bits per heavy atom. The minimum atomic E-state index is 0.789. The van der Waals surface area contributed by atoms with Crippen molar-refractivity contribution in [2.45, 2.75) is 0 Å². The van der Waals surface area contributed by atoms with Gasteiger partial charge < -0.3 is 9.80 Å². The Kier molecular flexibility index (Phi) is 2.64. The molecule has 16 heavy (non-hydrogen) atoms. The highest BCUT2D eigenvalue weighted by atomic mass is 15.2. The maximum Gasteiger partial charge on any atom is 0.163 e.